The number of esters is 1. The Morgan fingerprint density at radius 2 is 1.81 bits per heavy atom. The number of rotatable bonds is 4. The molecule has 0 unspecified atom stereocenters. The molecule has 0 aliphatic carbocycles. The van der Waals surface area contributed by atoms with E-state index in [1.807, 2.05) is 0 Å². The van der Waals surface area contributed by atoms with Gasteiger partial charge >= 0.3 is 5.97 Å². The van der Waals surface area contributed by atoms with Crippen LogP contribution in [0.25, 0.3) is 6.08 Å². The number of nitrogens with zero attached hydrogens (tertiary/aromatic N) is 1. The lowest BCUT2D eigenvalue weighted by Crippen LogP contribution is -2.37. The van der Waals surface area contributed by atoms with E-state index in [-0.39, 0.29) is 15.0 Å². The molecule has 0 saturated carbocycles. The zero-order chi connectivity index (χ0) is 19.6. The molecule has 1 aliphatic rings. The highest BCUT2D eigenvalue weighted by Crippen LogP contribution is 2.37. The van der Waals surface area contributed by atoms with Crippen LogP contribution < -0.4 is 4.74 Å². The minimum absolute atomic E-state index is 0.163. The van der Waals surface area contributed by atoms with Crippen LogP contribution in [0, 0.1) is 0 Å². The summed E-state index contributed by atoms with van der Waals surface area (Å²) in [6.07, 6.45) is 1.48. The molecule has 1 saturated heterocycles. The standard InChI is InChI=1S/C17H17Cl2NO5S/c1-17(2,3)25-13(21)8-20-15(22)12(26-16(20)23)7-9-5-10(18)14(24-4)11(19)6-9/h5-7H,8H2,1-4H3/b12-7-. The molecule has 26 heavy (non-hydrogen) atoms. The molecular formula is C17H17Cl2NO5S. The SMILES string of the molecule is COc1c(Cl)cc(/C=C2\SC(=O)N(CC(=O)OC(C)(C)C)C2=O)cc1Cl. The molecule has 2 amide bonds. The molecule has 0 N–H and O–H groups in total. The van der Waals surface area contributed by atoms with E-state index in [2.05, 4.69) is 0 Å². The van der Waals surface area contributed by atoms with E-state index in [1.54, 1.807) is 32.9 Å². The second-order valence-electron chi connectivity index (χ2n) is 6.37. The van der Waals surface area contributed by atoms with Crippen LogP contribution in [-0.4, -0.2) is 41.3 Å². The van der Waals surface area contributed by atoms with Gasteiger partial charge in [0.2, 0.25) is 0 Å². The lowest BCUT2D eigenvalue weighted by molar-refractivity contribution is -0.156. The summed E-state index contributed by atoms with van der Waals surface area (Å²) in [6, 6.07) is 3.13. The molecule has 0 spiro atoms. The van der Waals surface area contributed by atoms with E-state index in [9.17, 15) is 14.4 Å². The first-order chi connectivity index (χ1) is 12.0. The molecule has 6 nitrogen and oxygen atoms in total. The minimum atomic E-state index is -0.703. The Bertz CT molecular complexity index is 778. The number of thioether (sulfide) groups is 1. The highest BCUT2D eigenvalue weighted by atomic mass is 35.5. The van der Waals surface area contributed by atoms with Gasteiger partial charge in [-0.1, -0.05) is 23.2 Å². The summed E-state index contributed by atoms with van der Waals surface area (Å²) in [5.41, 5.74) is -0.172. The fourth-order valence-corrected chi connectivity index (χ4v) is 3.64. The van der Waals surface area contributed by atoms with Gasteiger partial charge in [0.15, 0.2) is 5.75 Å². The molecule has 0 bridgehead atoms. The molecule has 0 aromatic heterocycles. The van der Waals surface area contributed by atoms with Gasteiger partial charge in [0, 0.05) is 0 Å². The van der Waals surface area contributed by atoms with Crippen molar-refractivity contribution < 1.29 is 23.9 Å². The maximum atomic E-state index is 12.4. The highest BCUT2D eigenvalue weighted by Gasteiger charge is 2.37. The molecule has 0 radical (unpaired) electrons. The van der Waals surface area contributed by atoms with Crippen LogP contribution >= 0.6 is 35.0 Å². The van der Waals surface area contributed by atoms with E-state index in [0.717, 1.165) is 16.7 Å². The number of hydrogen-bond donors (Lipinski definition) is 0. The van der Waals surface area contributed by atoms with Crippen LogP contribution in [0.5, 0.6) is 5.75 Å². The number of methoxy groups -OCH3 is 1. The number of imide groups is 1. The third kappa shape index (κ3) is 4.93. The molecule has 9 heteroatoms. The third-order valence-electron chi connectivity index (χ3n) is 3.10. The van der Waals surface area contributed by atoms with E-state index < -0.39 is 29.3 Å². The normalized spacial score (nSPS) is 16.4. The van der Waals surface area contributed by atoms with Crippen molar-refractivity contribution in [2.75, 3.05) is 13.7 Å². The summed E-state index contributed by atoms with van der Waals surface area (Å²) in [4.78, 5) is 37.4. The number of halogens is 2. The van der Waals surface area contributed by atoms with Crippen molar-refractivity contribution >= 4 is 58.2 Å². The third-order valence-corrected chi connectivity index (χ3v) is 4.57. The van der Waals surface area contributed by atoms with Gasteiger partial charge < -0.3 is 9.47 Å². The van der Waals surface area contributed by atoms with Crippen LogP contribution in [-0.2, 0) is 14.3 Å². The zero-order valence-corrected chi connectivity index (χ0v) is 16.9. The molecule has 1 aliphatic heterocycles. The molecule has 2 rings (SSSR count). The Balaban J connectivity index is 2.20. The Hall–Kier alpha value is -1.70. The monoisotopic (exact) mass is 417 g/mol. The summed E-state index contributed by atoms with van der Waals surface area (Å²) >= 11 is 12.9. The number of carbonyl (C=O) groups is 3. The van der Waals surface area contributed by atoms with Crippen molar-refractivity contribution in [1.29, 1.82) is 0 Å². The van der Waals surface area contributed by atoms with Crippen LogP contribution in [0.3, 0.4) is 0 Å². The average molecular weight is 418 g/mol. The summed E-state index contributed by atoms with van der Waals surface area (Å²) < 4.78 is 10.2. The van der Waals surface area contributed by atoms with Crippen molar-refractivity contribution in [1.82, 2.24) is 4.90 Å². The number of amides is 2. The molecule has 140 valence electrons. The van der Waals surface area contributed by atoms with Crippen LogP contribution in [0.1, 0.15) is 26.3 Å². The fraction of sp³-hybridized carbons (Fsp3) is 0.353. The van der Waals surface area contributed by atoms with E-state index in [1.165, 1.54) is 13.2 Å². The number of benzene rings is 1. The van der Waals surface area contributed by atoms with Crippen LogP contribution in [0.2, 0.25) is 10.0 Å². The van der Waals surface area contributed by atoms with Crippen molar-refractivity contribution in [2.24, 2.45) is 0 Å². The largest absolute Gasteiger partial charge is 0.494 e. The second-order valence-corrected chi connectivity index (χ2v) is 8.18. The number of carbonyl (C=O) groups excluding carboxylic acids is 3. The van der Waals surface area contributed by atoms with Crippen molar-refractivity contribution in [2.45, 2.75) is 26.4 Å². The van der Waals surface area contributed by atoms with E-state index in [0.29, 0.717) is 11.3 Å². The van der Waals surface area contributed by atoms with Crippen molar-refractivity contribution in [3.8, 4) is 5.75 Å². The molecule has 1 aromatic carbocycles. The lowest BCUT2D eigenvalue weighted by Gasteiger charge is -2.21. The maximum Gasteiger partial charge on any atom is 0.326 e. The molecular weight excluding hydrogens is 401 g/mol. The fourth-order valence-electron chi connectivity index (χ4n) is 2.15. The van der Waals surface area contributed by atoms with Gasteiger partial charge in [-0.25, -0.2) is 0 Å². The van der Waals surface area contributed by atoms with Gasteiger partial charge in [0.25, 0.3) is 11.1 Å². The summed E-state index contributed by atoms with van der Waals surface area (Å²) in [5, 5.41) is 0.0104. The van der Waals surface area contributed by atoms with Gasteiger partial charge in [0.05, 0.1) is 22.1 Å². The molecule has 0 atom stereocenters. The predicted octanol–water partition coefficient (Wildman–Crippen LogP) is 4.38. The number of hydrogen-bond acceptors (Lipinski definition) is 6. The Kier molecular flexibility index (Phi) is 6.26. The summed E-state index contributed by atoms with van der Waals surface area (Å²) in [6.45, 7) is 4.67. The van der Waals surface area contributed by atoms with Gasteiger partial charge in [-0.15, -0.1) is 0 Å². The average Bonchev–Trinajstić information content (AvgIpc) is 2.72. The first kappa shape index (κ1) is 20.6. The van der Waals surface area contributed by atoms with Crippen molar-refractivity contribution in [3.05, 3.63) is 32.6 Å². The molecule has 1 fully saturated rings. The van der Waals surface area contributed by atoms with Gasteiger partial charge in [-0.3, -0.25) is 19.3 Å². The topological polar surface area (TPSA) is 72.9 Å². The second kappa shape index (κ2) is 7.90. The molecule has 1 aromatic rings. The van der Waals surface area contributed by atoms with Gasteiger partial charge in [0.1, 0.15) is 12.1 Å². The minimum Gasteiger partial charge on any atom is -0.494 e. The summed E-state index contributed by atoms with van der Waals surface area (Å²) in [7, 11) is 1.44. The van der Waals surface area contributed by atoms with Gasteiger partial charge in [-0.2, -0.15) is 0 Å². The first-order valence-corrected chi connectivity index (χ1v) is 9.09. The Morgan fingerprint density at radius 3 is 2.31 bits per heavy atom. The zero-order valence-electron chi connectivity index (χ0n) is 14.6. The summed E-state index contributed by atoms with van der Waals surface area (Å²) in [5.74, 6) is -0.908. The lowest BCUT2D eigenvalue weighted by atomic mass is 10.2. The van der Waals surface area contributed by atoms with E-state index in [4.69, 9.17) is 32.7 Å². The van der Waals surface area contributed by atoms with E-state index >= 15 is 0 Å². The van der Waals surface area contributed by atoms with Crippen LogP contribution in [0.15, 0.2) is 17.0 Å². The Labute approximate surface area is 165 Å². The maximum absolute atomic E-state index is 12.4. The molecule has 1 heterocycles. The Morgan fingerprint density at radius 1 is 1.23 bits per heavy atom. The van der Waals surface area contributed by atoms with Crippen molar-refractivity contribution in [3.63, 3.8) is 0 Å². The van der Waals surface area contributed by atoms with Gasteiger partial charge in [-0.05, 0) is 56.3 Å². The number of ether oxygens (including phenoxy) is 2. The quantitative estimate of drug-likeness (QED) is 0.534. The van der Waals surface area contributed by atoms with Crippen LogP contribution in [0.4, 0.5) is 4.79 Å². The highest BCUT2D eigenvalue weighted by molar-refractivity contribution is 8.18. The first-order valence-electron chi connectivity index (χ1n) is 7.52. The predicted molar refractivity (Wildman–Crippen MR) is 102 cm³/mol. The smallest absolute Gasteiger partial charge is 0.326 e.